The molecule has 2 rings (SSSR count). The highest BCUT2D eigenvalue weighted by atomic mass is 32.1. The van der Waals surface area contributed by atoms with Crippen molar-refractivity contribution >= 4 is 11.3 Å². The van der Waals surface area contributed by atoms with Gasteiger partial charge in [0, 0.05) is 0 Å². The van der Waals surface area contributed by atoms with Crippen molar-refractivity contribution in [2.24, 2.45) is 0 Å². The number of aryl methyl sites for hydroxylation is 1. The van der Waals surface area contributed by atoms with Crippen molar-refractivity contribution in [3.8, 4) is 21.4 Å². The Kier molecular flexibility index (Phi) is 3.10. The number of nitrogens with zero attached hydrogens (tertiary/aromatic N) is 1. The van der Waals surface area contributed by atoms with Crippen LogP contribution in [0.1, 0.15) is 5.69 Å². The van der Waals surface area contributed by atoms with Gasteiger partial charge in [0.05, 0.1) is 25.5 Å². The van der Waals surface area contributed by atoms with Crippen LogP contribution < -0.4 is 9.47 Å². The molecule has 0 amide bonds. The zero-order valence-corrected chi connectivity index (χ0v) is 10.3. The molecule has 0 fully saturated rings. The number of thiazole rings is 1. The van der Waals surface area contributed by atoms with Gasteiger partial charge in [-0.25, -0.2) is 4.98 Å². The number of methoxy groups -OCH3 is 2. The number of benzene rings is 1. The van der Waals surface area contributed by atoms with Gasteiger partial charge in [0.1, 0.15) is 10.8 Å². The van der Waals surface area contributed by atoms with Crippen LogP contribution in [0.15, 0.2) is 24.3 Å². The summed E-state index contributed by atoms with van der Waals surface area (Å²) in [4.78, 5) is 4.47. The smallest absolute Gasteiger partial charge is 0.197 e. The van der Waals surface area contributed by atoms with Crippen molar-refractivity contribution in [2.75, 3.05) is 14.2 Å². The third kappa shape index (κ3) is 1.88. The van der Waals surface area contributed by atoms with Crippen molar-refractivity contribution < 1.29 is 9.47 Å². The Bertz CT molecular complexity index is 494. The van der Waals surface area contributed by atoms with E-state index in [2.05, 4.69) is 4.98 Å². The molecule has 1 aromatic carbocycles. The van der Waals surface area contributed by atoms with Crippen LogP contribution in [0.4, 0.5) is 0 Å². The van der Waals surface area contributed by atoms with Gasteiger partial charge in [0.15, 0.2) is 5.06 Å². The molecule has 0 spiro atoms. The summed E-state index contributed by atoms with van der Waals surface area (Å²) in [5.74, 6) is 0.832. The molecule has 0 atom stereocenters. The van der Waals surface area contributed by atoms with E-state index in [-0.39, 0.29) is 0 Å². The Morgan fingerprint density at radius 3 is 2.50 bits per heavy atom. The van der Waals surface area contributed by atoms with E-state index in [1.807, 2.05) is 31.2 Å². The van der Waals surface area contributed by atoms with Crippen molar-refractivity contribution in [3.05, 3.63) is 30.0 Å². The lowest BCUT2D eigenvalue weighted by molar-refractivity contribution is 0.416. The van der Waals surface area contributed by atoms with Gasteiger partial charge < -0.3 is 9.47 Å². The molecule has 0 unspecified atom stereocenters. The molecule has 3 nitrogen and oxygen atoms in total. The Morgan fingerprint density at radius 1 is 1.12 bits per heavy atom. The largest absolute Gasteiger partial charge is 0.496 e. The molecule has 0 bridgehead atoms. The highest BCUT2D eigenvalue weighted by molar-refractivity contribution is 7.17. The third-order valence-corrected chi connectivity index (χ3v) is 3.43. The summed E-state index contributed by atoms with van der Waals surface area (Å²) in [5, 5.41) is 1.77. The van der Waals surface area contributed by atoms with Crippen molar-refractivity contribution in [3.63, 3.8) is 0 Å². The predicted molar refractivity (Wildman–Crippen MR) is 65.4 cm³/mol. The summed E-state index contributed by atoms with van der Waals surface area (Å²) >= 11 is 1.53. The molecule has 2 aromatic rings. The summed E-state index contributed by atoms with van der Waals surface area (Å²) in [6.45, 7) is 1.94. The van der Waals surface area contributed by atoms with Crippen molar-refractivity contribution in [2.45, 2.75) is 6.92 Å². The maximum Gasteiger partial charge on any atom is 0.197 e. The summed E-state index contributed by atoms with van der Waals surface area (Å²) in [6, 6.07) is 7.84. The lowest BCUT2D eigenvalue weighted by Crippen LogP contribution is -1.86. The molecule has 1 heterocycles. The first kappa shape index (κ1) is 11.0. The number of ether oxygens (including phenoxy) is 2. The molecule has 0 radical (unpaired) electrons. The van der Waals surface area contributed by atoms with Crippen LogP contribution in [0.25, 0.3) is 10.6 Å². The minimum absolute atomic E-state index is 0.832. The van der Waals surface area contributed by atoms with Gasteiger partial charge in [0.2, 0.25) is 0 Å². The number of para-hydroxylation sites is 1. The highest BCUT2D eigenvalue weighted by Crippen LogP contribution is 2.37. The molecular formula is C12H13NO2S. The molecule has 0 aliphatic carbocycles. The lowest BCUT2D eigenvalue weighted by Gasteiger charge is -2.04. The molecule has 4 heteroatoms. The maximum atomic E-state index is 5.31. The van der Waals surface area contributed by atoms with Gasteiger partial charge >= 0.3 is 0 Å². The van der Waals surface area contributed by atoms with Crippen molar-refractivity contribution in [1.29, 1.82) is 0 Å². The number of hydrogen-bond acceptors (Lipinski definition) is 4. The van der Waals surface area contributed by atoms with Gasteiger partial charge in [-0.15, -0.1) is 0 Å². The summed E-state index contributed by atoms with van der Waals surface area (Å²) in [6.07, 6.45) is 0. The van der Waals surface area contributed by atoms with Crippen LogP contribution in [0, 0.1) is 6.92 Å². The second-order valence-corrected chi connectivity index (χ2v) is 4.26. The molecular weight excluding hydrogens is 222 g/mol. The molecule has 0 aliphatic heterocycles. The van der Waals surface area contributed by atoms with Crippen molar-refractivity contribution in [1.82, 2.24) is 4.98 Å². The number of rotatable bonds is 3. The van der Waals surface area contributed by atoms with Gasteiger partial charge in [-0.05, 0) is 19.1 Å². The van der Waals surface area contributed by atoms with E-state index < -0.39 is 0 Å². The van der Waals surface area contributed by atoms with E-state index in [0.29, 0.717) is 0 Å². The molecule has 1 aromatic heterocycles. The number of aromatic nitrogens is 1. The van der Waals surface area contributed by atoms with Crippen LogP contribution in [0.2, 0.25) is 0 Å². The Hall–Kier alpha value is -1.55. The second kappa shape index (κ2) is 4.53. The third-order valence-electron chi connectivity index (χ3n) is 2.28. The lowest BCUT2D eigenvalue weighted by atomic mass is 10.2. The van der Waals surface area contributed by atoms with Crippen LogP contribution in [-0.4, -0.2) is 19.2 Å². The van der Waals surface area contributed by atoms with E-state index in [9.17, 15) is 0 Å². The van der Waals surface area contributed by atoms with Gasteiger partial charge in [-0.1, -0.05) is 23.5 Å². The quantitative estimate of drug-likeness (QED) is 0.819. The molecule has 0 N–H and O–H groups in total. The van der Waals surface area contributed by atoms with Gasteiger partial charge in [-0.3, -0.25) is 0 Å². The monoisotopic (exact) mass is 235 g/mol. The zero-order valence-electron chi connectivity index (χ0n) is 9.48. The zero-order chi connectivity index (χ0) is 11.5. The molecule has 16 heavy (non-hydrogen) atoms. The minimum Gasteiger partial charge on any atom is -0.496 e. The first-order valence-electron chi connectivity index (χ1n) is 4.91. The topological polar surface area (TPSA) is 31.4 Å². The first-order chi connectivity index (χ1) is 7.76. The fraction of sp³-hybridized carbons (Fsp3) is 0.250. The second-order valence-electron chi connectivity index (χ2n) is 3.30. The maximum absolute atomic E-state index is 5.31. The van der Waals surface area contributed by atoms with E-state index in [4.69, 9.17) is 9.47 Å². The Labute approximate surface area is 98.7 Å². The highest BCUT2D eigenvalue weighted by Gasteiger charge is 2.12. The van der Waals surface area contributed by atoms with E-state index >= 15 is 0 Å². The Morgan fingerprint density at radius 2 is 1.88 bits per heavy atom. The van der Waals surface area contributed by atoms with E-state index in [1.165, 1.54) is 11.3 Å². The fourth-order valence-electron chi connectivity index (χ4n) is 1.51. The van der Waals surface area contributed by atoms with Gasteiger partial charge in [0.25, 0.3) is 0 Å². The first-order valence-corrected chi connectivity index (χ1v) is 5.72. The van der Waals surface area contributed by atoms with Crippen LogP contribution in [0.5, 0.6) is 10.8 Å². The van der Waals surface area contributed by atoms with Crippen LogP contribution >= 0.6 is 11.3 Å². The molecule has 0 aliphatic rings. The van der Waals surface area contributed by atoms with E-state index in [0.717, 1.165) is 27.1 Å². The number of hydrogen-bond donors (Lipinski definition) is 0. The minimum atomic E-state index is 0.832. The standard InChI is InChI=1S/C12H13NO2S/c1-8-12(15-3)16-11(13-8)9-6-4-5-7-10(9)14-2/h4-7H,1-3H3. The average Bonchev–Trinajstić information content (AvgIpc) is 2.70. The summed E-state index contributed by atoms with van der Waals surface area (Å²) in [5.41, 5.74) is 1.91. The normalized spacial score (nSPS) is 10.2. The Balaban J connectivity index is 2.49. The molecule has 0 saturated heterocycles. The predicted octanol–water partition coefficient (Wildman–Crippen LogP) is 3.14. The molecule has 0 saturated carbocycles. The SMILES string of the molecule is COc1ccccc1-c1nc(C)c(OC)s1. The fourth-order valence-corrected chi connectivity index (χ4v) is 2.42. The molecule has 84 valence electrons. The van der Waals surface area contributed by atoms with Gasteiger partial charge in [-0.2, -0.15) is 0 Å². The van der Waals surface area contributed by atoms with Crippen LogP contribution in [0.3, 0.4) is 0 Å². The summed E-state index contributed by atoms with van der Waals surface area (Å²) < 4.78 is 10.5. The van der Waals surface area contributed by atoms with Crippen LogP contribution in [-0.2, 0) is 0 Å². The van der Waals surface area contributed by atoms with E-state index in [1.54, 1.807) is 14.2 Å². The average molecular weight is 235 g/mol. The summed E-state index contributed by atoms with van der Waals surface area (Å²) in [7, 11) is 3.32.